The van der Waals surface area contributed by atoms with Crippen molar-refractivity contribution < 1.29 is 13.9 Å². The van der Waals surface area contributed by atoms with E-state index in [4.69, 9.17) is 9.15 Å². The predicted molar refractivity (Wildman–Crippen MR) is 124 cm³/mol. The molecule has 0 saturated heterocycles. The number of rotatable bonds is 5. The van der Waals surface area contributed by atoms with Gasteiger partial charge < -0.3 is 14.5 Å². The van der Waals surface area contributed by atoms with Crippen molar-refractivity contribution in [3.63, 3.8) is 0 Å². The molecule has 0 spiro atoms. The van der Waals surface area contributed by atoms with Crippen LogP contribution in [0.25, 0.3) is 27.9 Å². The van der Waals surface area contributed by atoms with Crippen molar-refractivity contribution in [2.24, 2.45) is 0 Å². The number of fused-ring (bicyclic) bond motifs is 2. The lowest BCUT2D eigenvalue weighted by atomic mass is 10.1. The number of carbonyl (C=O) groups is 1. The maximum Gasteiger partial charge on any atom is 0.287 e. The number of methoxy groups -OCH3 is 1. The molecule has 5 aromatic rings. The van der Waals surface area contributed by atoms with E-state index in [-0.39, 0.29) is 5.91 Å². The predicted octanol–water partition coefficient (Wildman–Crippen LogP) is 4.65. The molecule has 0 aliphatic heterocycles. The number of hydrogen-bond acceptors (Lipinski definition) is 6. The van der Waals surface area contributed by atoms with E-state index in [1.165, 1.54) is 0 Å². The van der Waals surface area contributed by atoms with Crippen molar-refractivity contribution >= 4 is 22.5 Å². The summed E-state index contributed by atoms with van der Waals surface area (Å²) in [7, 11) is 1.63. The number of aryl methyl sites for hydroxylation is 2. The molecule has 8 nitrogen and oxygen atoms in total. The number of hydrogen-bond donors (Lipinski definition) is 1. The van der Waals surface area contributed by atoms with E-state index in [1.807, 2.05) is 69.3 Å². The van der Waals surface area contributed by atoms with Gasteiger partial charge in [-0.15, -0.1) is 5.10 Å². The maximum absolute atomic E-state index is 12.9. The van der Waals surface area contributed by atoms with Gasteiger partial charge in [-0.1, -0.05) is 11.6 Å². The summed E-state index contributed by atoms with van der Waals surface area (Å²) in [5, 5.41) is 8.36. The summed E-state index contributed by atoms with van der Waals surface area (Å²) < 4.78 is 12.6. The van der Waals surface area contributed by atoms with Gasteiger partial charge in [-0.25, -0.2) is 14.5 Å². The molecule has 3 heterocycles. The highest BCUT2D eigenvalue weighted by Crippen LogP contribution is 2.27. The Morgan fingerprint density at radius 1 is 1.12 bits per heavy atom. The van der Waals surface area contributed by atoms with Crippen molar-refractivity contribution in [2.75, 3.05) is 7.11 Å². The van der Waals surface area contributed by atoms with Crippen LogP contribution in [0.4, 0.5) is 0 Å². The van der Waals surface area contributed by atoms with E-state index in [0.29, 0.717) is 22.8 Å². The average molecular weight is 441 g/mol. The van der Waals surface area contributed by atoms with Crippen molar-refractivity contribution in [1.29, 1.82) is 0 Å². The van der Waals surface area contributed by atoms with E-state index in [9.17, 15) is 4.79 Å². The molecule has 0 unspecified atom stereocenters. The van der Waals surface area contributed by atoms with Gasteiger partial charge in [0, 0.05) is 22.6 Å². The standard InChI is InChI=1S/C25H23N5O3/c1-14-5-10-21-19(11-14)15(2)23(33-21)25(31)27-16(3)24-28-22-12-20(26-13-30(22)29-24)17-6-8-18(32-4)9-7-17/h5-13,16H,1-4H3,(H,27,31)/t16-/m0/s1. The third kappa shape index (κ3) is 3.80. The van der Waals surface area contributed by atoms with Gasteiger partial charge in [0.05, 0.1) is 18.8 Å². The van der Waals surface area contributed by atoms with Crippen LogP contribution in [-0.2, 0) is 0 Å². The van der Waals surface area contributed by atoms with E-state index in [0.717, 1.165) is 33.5 Å². The number of carbonyl (C=O) groups excluding carboxylic acids is 1. The molecule has 0 bridgehead atoms. The molecule has 1 amide bonds. The number of nitrogens with one attached hydrogen (secondary N) is 1. The van der Waals surface area contributed by atoms with Crippen LogP contribution in [0, 0.1) is 13.8 Å². The minimum Gasteiger partial charge on any atom is -0.497 e. The zero-order chi connectivity index (χ0) is 23.1. The van der Waals surface area contributed by atoms with Crippen LogP contribution in [-0.4, -0.2) is 32.6 Å². The lowest BCUT2D eigenvalue weighted by Crippen LogP contribution is -2.27. The number of aromatic nitrogens is 4. The van der Waals surface area contributed by atoms with Crippen LogP contribution in [0.3, 0.4) is 0 Å². The highest BCUT2D eigenvalue weighted by molar-refractivity contribution is 5.99. The van der Waals surface area contributed by atoms with Crippen LogP contribution < -0.4 is 10.1 Å². The second kappa shape index (κ2) is 8.05. The fourth-order valence-corrected chi connectivity index (χ4v) is 3.79. The molecule has 0 radical (unpaired) electrons. The quantitative estimate of drug-likeness (QED) is 0.426. The van der Waals surface area contributed by atoms with Gasteiger partial charge in [0.2, 0.25) is 0 Å². The monoisotopic (exact) mass is 441 g/mol. The Kier molecular flexibility index (Phi) is 5.05. The number of benzene rings is 2. The third-order valence-electron chi connectivity index (χ3n) is 5.66. The molecule has 3 aromatic heterocycles. The first-order valence-corrected chi connectivity index (χ1v) is 10.6. The van der Waals surface area contributed by atoms with Gasteiger partial charge in [0.25, 0.3) is 5.91 Å². The van der Waals surface area contributed by atoms with Crippen LogP contribution in [0.5, 0.6) is 5.75 Å². The second-order valence-electron chi connectivity index (χ2n) is 8.03. The third-order valence-corrected chi connectivity index (χ3v) is 5.66. The van der Waals surface area contributed by atoms with Gasteiger partial charge in [0.1, 0.15) is 17.7 Å². The molecule has 0 fully saturated rings. The summed E-state index contributed by atoms with van der Waals surface area (Å²) >= 11 is 0. The smallest absolute Gasteiger partial charge is 0.287 e. The molecular formula is C25H23N5O3. The van der Waals surface area contributed by atoms with E-state index >= 15 is 0 Å². The normalized spacial score (nSPS) is 12.2. The first-order valence-electron chi connectivity index (χ1n) is 10.6. The summed E-state index contributed by atoms with van der Waals surface area (Å²) in [6.07, 6.45) is 1.62. The van der Waals surface area contributed by atoms with E-state index in [2.05, 4.69) is 20.4 Å². The van der Waals surface area contributed by atoms with Gasteiger partial charge >= 0.3 is 0 Å². The van der Waals surface area contributed by atoms with Gasteiger partial charge in [0.15, 0.2) is 17.2 Å². The molecule has 2 aromatic carbocycles. The number of nitrogens with zero attached hydrogens (tertiary/aromatic N) is 4. The zero-order valence-corrected chi connectivity index (χ0v) is 18.8. The Balaban J connectivity index is 1.38. The largest absolute Gasteiger partial charge is 0.497 e. The molecule has 0 aliphatic rings. The molecule has 1 N–H and O–H groups in total. The first kappa shape index (κ1) is 20.7. The fraction of sp³-hybridized carbons (Fsp3) is 0.200. The van der Waals surface area contributed by atoms with E-state index in [1.54, 1.807) is 18.0 Å². The zero-order valence-electron chi connectivity index (χ0n) is 18.8. The molecule has 166 valence electrons. The van der Waals surface area contributed by atoms with Crippen LogP contribution in [0.2, 0.25) is 0 Å². The molecule has 0 saturated carbocycles. The van der Waals surface area contributed by atoms with Crippen molar-refractivity contribution in [1.82, 2.24) is 24.9 Å². The minimum absolute atomic E-state index is 0.301. The minimum atomic E-state index is -0.420. The van der Waals surface area contributed by atoms with Crippen LogP contribution >= 0.6 is 0 Å². The Hall–Kier alpha value is -4.20. The van der Waals surface area contributed by atoms with Gasteiger partial charge in [-0.3, -0.25) is 4.79 Å². The topological polar surface area (TPSA) is 94.5 Å². The fourth-order valence-electron chi connectivity index (χ4n) is 3.79. The second-order valence-corrected chi connectivity index (χ2v) is 8.03. The summed E-state index contributed by atoms with van der Waals surface area (Å²) in [6.45, 7) is 5.74. The first-order chi connectivity index (χ1) is 15.9. The van der Waals surface area contributed by atoms with Crippen LogP contribution in [0.15, 0.2) is 59.3 Å². The summed E-state index contributed by atoms with van der Waals surface area (Å²) in [6, 6.07) is 15.0. The highest BCUT2D eigenvalue weighted by Gasteiger charge is 2.22. The maximum atomic E-state index is 12.9. The number of amides is 1. The molecule has 33 heavy (non-hydrogen) atoms. The summed E-state index contributed by atoms with van der Waals surface area (Å²) in [5.74, 6) is 1.27. The van der Waals surface area contributed by atoms with Crippen molar-refractivity contribution in [3.05, 3.63) is 77.6 Å². The van der Waals surface area contributed by atoms with Gasteiger partial charge in [-0.2, -0.15) is 0 Å². The Morgan fingerprint density at radius 3 is 2.67 bits per heavy atom. The average Bonchev–Trinajstić information content (AvgIpc) is 3.40. The van der Waals surface area contributed by atoms with Crippen molar-refractivity contribution in [2.45, 2.75) is 26.8 Å². The number of ether oxygens (including phenoxy) is 1. The number of furan rings is 1. The Morgan fingerprint density at radius 2 is 1.91 bits per heavy atom. The molecule has 5 rings (SSSR count). The summed E-state index contributed by atoms with van der Waals surface area (Å²) in [4.78, 5) is 22.0. The summed E-state index contributed by atoms with van der Waals surface area (Å²) in [5.41, 5.74) is 4.98. The molecule has 1 atom stereocenters. The Bertz CT molecular complexity index is 1480. The Labute approximate surface area is 190 Å². The molecular weight excluding hydrogens is 418 g/mol. The van der Waals surface area contributed by atoms with Gasteiger partial charge in [-0.05, 0) is 57.2 Å². The highest BCUT2D eigenvalue weighted by atomic mass is 16.5. The van der Waals surface area contributed by atoms with Crippen LogP contribution in [0.1, 0.15) is 40.5 Å². The SMILES string of the molecule is COc1ccc(-c2cc3nc([C@H](C)NC(=O)c4oc5ccc(C)cc5c4C)nn3cn2)cc1. The van der Waals surface area contributed by atoms with E-state index < -0.39 is 6.04 Å². The molecule has 8 heteroatoms. The molecule has 0 aliphatic carbocycles. The lowest BCUT2D eigenvalue weighted by Gasteiger charge is -2.09. The lowest BCUT2D eigenvalue weighted by molar-refractivity contribution is 0.0911. The van der Waals surface area contributed by atoms with Crippen molar-refractivity contribution in [3.8, 4) is 17.0 Å².